The molecule has 0 amide bonds. The summed E-state index contributed by atoms with van der Waals surface area (Å²) in [6.07, 6.45) is 7.29. The molecule has 5 heteroatoms. The molecule has 1 aliphatic heterocycles. The van der Waals surface area contributed by atoms with Crippen molar-refractivity contribution in [1.29, 1.82) is 0 Å². The summed E-state index contributed by atoms with van der Waals surface area (Å²) in [7, 11) is 0. The highest BCUT2D eigenvalue weighted by molar-refractivity contribution is 6.12. The van der Waals surface area contributed by atoms with Crippen molar-refractivity contribution in [1.82, 2.24) is 19.1 Å². The summed E-state index contributed by atoms with van der Waals surface area (Å²) in [6.45, 7) is 4.66. The lowest BCUT2D eigenvalue weighted by Crippen LogP contribution is -2.29. The smallest absolute Gasteiger partial charge is 0.160 e. The molecule has 4 heterocycles. The Kier molecular flexibility index (Phi) is 8.57. The maximum absolute atomic E-state index is 5.52. The van der Waals surface area contributed by atoms with Crippen molar-refractivity contribution in [2.24, 2.45) is 0 Å². The molecule has 0 fully saturated rings. The van der Waals surface area contributed by atoms with E-state index in [2.05, 4.69) is 264 Å². The third kappa shape index (κ3) is 5.80. The summed E-state index contributed by atoms with van der Waals surface area (Å²) in [5, 5.41) is 8.34. The normalized spacial score (nSPS) is 16.4. The Morgan fingerprint density at radius 1 is 0.446 bits per heavy atom. The van der Waals surface area contributed by atoms with Crippen LogP contribution in [0.15, 0.2) is 237 Å². The fourth-order valence-electron chi connectivity index (χ4n) is 13.2. The number of fused-ring (bicyclic) bond motifs is 15. The standard InChI is InChI=1S/C69H47N5/c1-69(2)58-22-10-5-17-49(58)57-39-44(30-38-59(57)69)68-70-66(56-35-29-42-15-3-4-16-48(42)67(56)71-68)43-27-31-45(32-28-43)72-64-40-46(73-60-23-11-6-18-50(60)51-19-7-12-24-61(51)73)33-36-54(64)55-37-34-47(41-65(55)72)74-62-25-13-8-20-52(62)53-21-9-14-26-63(53)74/h3-41,54,64H,1-2H3. The van der Waals surface area contributed by atoms with E-state index in [1.807, 2.05) is 0 Å². The van der Waals surface area contributed by atoms with Crippen LogP contribution in [0.2, 0.25) is 0 Å². The van der Waals surface area contributed by atoms with Crippen LogP contribution in [-0.2, 0) is 5.41 Å². The number of anilines is 2. The Morgan fingerprint density at radius 2 is 1.03 bits per heavy atom. The second-order valence-corrected chi connectivity index (χ2v) is 20.9. The number of nitrogens with zero attached hydrogens (tertiary/aromatic N) is 5. The molecule has 3 aliphatic rings. The van der Waals surface area contributed by atoms with Gasteiger partial charge >= 0.3 is 0 Å². The van der Waals surface area contributed by atoms with Crippen molar-refractivity contribution in [3.05, 3.63) is 253 Å². The zero-order chi connectivity index (χ0) is 48.8. The fraction of sp³-hybridized carbons (Fsp3) is 0.0725. The number of hydrogen-bond acceptors (Lipinski definition) is 3. The molecule has 74 heavy (non-hydrogen) atoms. The molecule has 0 spiro atoms. The van der Waals surface area contributed by atoms with Crippen LogP contribution in [0, 0.1) is 0 Å². The van der Waals surface area contributed by atoms with E-state index in [-0.39, 0.29) is 17.4 Å². The van der Waals surface area contributed by atoms with Crippen LogP contribution in [0.3, 0.4) is 0 Å². The van der Waals surface area contributed by atoms with Crippen molar-refractivity contribution in [3.63, 3.8) is 0 Å². The molecule has 3 aromatic heterocycles. The molecule has 2 aliphatic carbocycles. The lowest BCUT2D eigenvalue weighted by molar-refractivity contribution is 0.660. The zero-order valence-electron chi connectivity index (χ0n) is 40.9. The first-order chi connectivity index (χ1) is 36.5. The number of para-hydroxylation sites is 4. The van der Waals surface area contributed by atoms with Gasteiger partial charge in [-0.15, -0.1) is 0 Å². The summed E-state index contributed by atoms with van der Waals surface area (Å²) >= 11 is 0. The van der Waals surface area contributed by atoms with Crippen LogP contribution in [0.5, 0.6) is 0 Å². The SMILES string of the molecule is CC1(C)c2ccccc2-c2cc(-c3nc(-c4ccc(N5c6cc(-n7c8ccccc8c8ccccc87)ccc6C6C=CC(n7c8ccccc8c8ccccc87)=CC65)cc4)c4ccc5ccccc5c4n3)ccc21. The van der Waals surface area contributed by atoms with Crippen molar-refractivity contribution in [2.75, 3.05) is 4.90 Å². The Balaban J connectivity index is 0.873. The first kappa shape index (κ1) is 41.3. The minimum atomic E-state index is -0.0867. The summed E-state index contributed by atoms with van der Waals surface area (Å²) in [6, 6.07) is 80.1. The van der Waals surface area contributed by atoms with Crippen LogP contribution in [0.1, 0.15) is 36.5 Å². The predicted octanol–water partition coefficient (Wildman–Crippen LogP) is 17.3. The highest BCUT2D eigenvalue weighted by atomic mass is 15.2. The average molecular weight is 946 g/mol. The number of benzene rings is 10. The molecule has 13 aromatic rings. The van der Waals surface area contributed by atoms with Gasteiger partial charge in [-0.2, -0.15) is 0 Å². The van der Waals surface area contributed by atoms with E-state index in [0.29, 0.717) is 0 Å². The molecule has 0 N–H and O–H groups in total. The molecule has 0 bridgehead atoms. The number of rotatable bonds is 5. The number of allylic oxidation sites excluding steroid dienone is 2. The maximum Gasteiger partial charge on any atom is 0.160 e. The number of aromatic nitrogens is 4. The first-order valence-electron chi connectivity index (χ1n) is 25.8. The highest BCUT2D eigenvalue weighted by Crippen LogP contribution is 2.52. The lowest BCUT2D eigenvalue weighted by atomic mass is 9.82. The summed E-state index contributed by atoms with van der Waals surface area (Å²) in [4.78, 5) is 13.5. The third-order valence-corrected chi connectivity index (χ3v) is 16.6. The van der Waals surface area contributed by atoms with E-state index < -0.39 is 0 Å². The van der Waals surface area contributed by atoms with E-state index in [0.717, 1.165) is 55.7 Å². The monoisotopic (exact) mass is 945 g/mol. The van der Waals surface area contributed by atoms with E-state index >= 15 is 0 Å². The van der Waals surface area contributed by atoms with Crippen molar-refractivity contribution < 1.29 is 0 Å². The van der Waals surface area contributed by atoms with Gasteiger partial charge in [0.05, 0.1) is 39.3 Å². The highest BCUT2D eigenvalue weighted by Gasteiger charge is 2.40. The van der Waals surface area contributed by atoms with Crippen LogP contribution >= 0.6 is 0 Å². The first-order valence-corrected chi connectivity index (χ1v) is 25.8. The molecule has 5 nitrogen and oxygen atoms in total. The Labute approximate surface area is 428 Å². The Morgan fingerprint density at radius 3 is 1.73 bits per heavy atom. The van der Waals surface area contributed by atoms with Gasteiger partial charge in [0.1, 0.15) is 0 Å². The fourth-order valence-corrected chi connectivity index (χ4v) is 13.2. The van der Waals surface area contributed by atoms with E-state index in [1.165, 1.54) is 82.8 Å². The second kappa shape index (κ2) is 15.3. The molecule has 348 valence electrons. The summed E-state index contributed by atoms with van der Waals surface area (Å²) in [5.41, 5.74) is 19.9. The Bertz CT molecular complexity index is 4500. The van der Waals surface area contributed by atoms with E-state index in [1.54, 1.807) is 0 Å². The maximum atomic E-state index is 5.52. The second-order valence-electron chi connectivity index (χ2n) is 20.9. The van der Waals surface area contributed by atoms with Crippen molar-refractivity contribution in [2.45, 2.75) is 31.2 Å². The van der Waals surface area contributed by atoms with Gasteiger partial charge in [0, 0.05) is 77.5 Å². The molecule has 16 rings (SSSR count). The molecular formula is C69H47N5. The van der Waals surface area contributed by atoms with Gasteiger partial charge in [-0.3, -0.25) is 0 Å². The van der Waals surface area contributed by atoms with Gasteiger partial charge in [-0.25, -0.2) is 9.97 Å². The zero-order valence-corrected chi connectivity index (χ0v) is 40.9. The van der Waals surface area contributed by atoms with Gasteiger partial charge < -0.3 is 14.0 Å². The summed E-state index contributed by atoms with van der Waals surface area (Å²) in [5.74, 6) is 0.865. The molecule has 2 unspecified atom stereocenters. The molecule has 0 saturated heterocycles. The molecule has 0 radical (unpaired) electrons. The van der Waals surface area contributed by atoms with Crippen LogP contribution < -0.4 is 4.90 Å². The molecule has 2 atom stereocenters. The topological polar surface area (TPSA) is 38.9 Å². The minimum absolute atomic E-state index is 0.0111. The summed E-state index contributed by atoms with van der Waals surface area (Å²) < 4.78 is 4.89. The van der Waals surface area contributed by atoms with Gasteiger partial charge in [-0.05, 0) is 106 Å². The van der Waals surface area contributed by atoms with E-state index in [9.17, 15) is 0 Å². The minimum Gasteiger partial charge on any atom is -0.333 e. The van der Waals surface area contributed by atoms with Crippen LogP contribution in [0.25, 0.3) is 110 Å². The van der Waals surface area contributed by atoms with Crippen LogP contribution in [0.4, 0.5) is 11.4 Å². The molecule has 10 aromatic carbocycles. The predicted molar refractivity (Wildman–Crippen MR) is 308 cm³/mol. The molecular weight excluding hydrogens is 899 g/mol. The Hall–Kier alpha value is -9.32. The average Bonchev–Trinajstić information content (AvgIpc) is 4.18. The lowest BCUT2D eigenvalue weighted by Gasteiger charge is -2.30. The third-order valence-electron chi connectivity index (χ3n) is 16.6. The van der Waals surface area contributed by atoms with Gasteiger partial charge in [0.15, 0.2) is 5.82 Å². The van der Waals surface area contributed by atoms with Gasteiger partial charge in [-0.1, -0.05) is 178 Å². The van der Waals surface area contributed by atoms with Crippen LogP contribution in [-0.4, -0.2) is 25.1 Å². The number of hydrogen-bond donors (Lipinski definition) is 0. The van der Waals surface area contributed by atoms with Crippen molar-refractivity contribution >= 4 is 82.4 Å². The quantitative estimate of drug-likeness (QED) is 0.161. The van der Waals surface area contributed by atoms with E-state index in [4.69, 9.17) is 9.97 Å². The van der Waals surface area contributed by atoms with Crippen molar-refractivity contribution in [3.8, 4) is 39.5 Å². The largest absolute Gasteiger partial charge is 0.333 e. The molecule has 0 saturated carbocycles. The van der Waals surface area contributed by atoms with Gasteiger partial charge in [0.25, 0.3) is 0 Å². The van der Waals surface area contributed by atoms with Gasteiger partial charge in [0.2, 0.25) is 0 Å².